The maximum Gasteiger partial charge on any atom is 0.490 e. The molecule has 1 fully saturated rings. The predicted molar refractivity (Wildman–Crippen MR) is 51.2 cm³/mol. The summed E-state index contributed by atoms with van der Waals surface area (Å²) in [5.41, 5.74) is 5.42. The molecule has 1 saturated carbocycles. The number of nitrogens with two attached hydrogens (primary N) is 1. The fraction of sp³-hybridized carbons (Fsp3) is 0.778. The van der Waals surface area contributed by atoms with E-state index in [1.54, 1.807) is 0 Å². The van der Waals surface area contributed by atoms with Gasteiger partial charge in [0.2, 0.25) is 0 Å². The van der Waals surface area contributed by atoms with Gasteiger partial charge in [-0.1, -0.05) is 13.8 Å². The highest BCUT2D eigenvalue weighted by Gasteiger charge is 2.50. The van der Waals surface area contributed by atoms with E-state index in [1.165, 1.54) is 0 Å². The van der Waals surface area contributed by atoms with Crippen molar-refractivity contribution in [3.05, 3.63) is 0 Å². The summed E-state index contributed by atoms with van der Waals surface area (Å²) >= 11 is 0. The Hall–Kier alpha value is -1.31. The zero-order chi connectivity index (χ0) is 14.0. The number of aliphatic carboxylic acids is 2. The molecule has 1 aliphatic carbocycles. The summed E-state index contributed by atoms with van der Waals surface area (Å²) in [5, 5.41) is 15.8. The van der Waals surface area contributed by atoms with Gasteiger partial charge >= 0.3 is 18.1 Å². The summed E-state index contributed by atoms with van der Waals surface area (Å²) in [6.45, 7) is 3.81. The van der Waals surface area contributed by atoms with Gasteiger partial charge in [-0.15, -0.1) is 0 Å². The SMILES string of the molecule is CC1(C)C(N)CC1C(=O)O.O=C(O)C(F)(F)F. The van der Waals surface area contributed by atoms with Crippen molar-refractivity contribution in [3.63, 3.8) is 0 Å². The van der Waals surface area contributed by atoms with Crippen molar-refractivity contribution in [3.8, 4) is 0 Å². The zero-order valence-electron chi connectivity index (χ0n) is 9.28. The van der Waals surface area contributed by atoms with Crippen molar-refractivity contribution in [1.29, 1.82) is 0 Å². The fourth-order valence-corrected chi connectivity index (χ4v) is 1.38. The number of carboxylic acid groups (broad SMARTS) is 2. The average molecular weight is 257 g/mol. The van der Waals surface area contributed by atoms with Crippen LogP contribution in [0.5, 0.6) is 0 Å². The first kappa shape index (κ1) is 15.7. The Morgan fingerprint density at radius 2 is 1.65 bits per heavy atom. The lowest BCUT2D eigenvalue weighted by molar-refractivity contribution is -0.192. The van der Waals surface area contributed by atoms with Crippen molar-refractivity contribution in [1.82, 2.24) is 0 Å². The number of hydrogen-bond donors (Lipinski definition) is 3. The van der Waals surface area contributed by atoms with Gasteiger partial charge in [0, 0.05) is 6.04 Å². The van der Waals surface area contributed by atoms with Crippen LogP contribution in [0.15, 0.2) is 0 Å². The molecular formula is C9H14F3NO4. The molecule has 0 aromatic carbocycles. The molecule has 0 aliphatic heterocycles. The Bertz CT molecular complexity index is 314. The highest BCUT2D eigenvalue weighted by molar-refractivity contribution is 5.73. The summed E-state index contributed by atoms with van der Waals surface area (Å²) in [6.07, 6.45) is -4.46. The number of rotatable bonds is 1. The molecule has 0 bridgehead atoms. The highest BCUT2D eigenvalue weighted by Crippen LogP contribution is 2.44. The molecule has 0 heterocycles. The summed E-state index contributed by atoms with van der Waals surface area (Å²) in [4.78, 5) is 19.4. The van der Waals surface area contributed by atoms with Gasteiger partial charge in [-0.25, -0.2) is 4.79 Å². The van der Waals surface area contributed by atoms with Crippen LogP contribution >= 0.6 is 0 Å². The van der Waals surface area contributed by atoms with E-state index in [2.05, 4.69) is 0 Å². The van der Waals surface area contributed by atoms with Crippen LogP contribution in [-0.2, 0) is 9.59 Å². The molecular weight excluding hydrogens is 243 g/mol. The van der Waals surface area contributed by atoms with Crippen LogP contribution in [0.3, 0.4) is 0 Å². The molecule has 1 aliphatic rings. The molecule has 0 amide bonds. The summed E-state index contributed by atoms with van der Waals surface area (Å²) in [6, 6.07) is 0.0635. The number of halogens is 3. The fourth-order valence-electron chi connectivity index (χ4n) is 1.38. The number of alkyl halides is 3. The second-order valence-corrected chi connectivity index (χ2v) is 4.36. The number of hydrogen-bond acceptors (Lipinski definition) is 3. The Kier molecular flexibility index (Phi) is 4.53. The lowest BCUT2D eigenvalue weighted by Crippen LogP contribution is -2.57. The Balaban J connectivity index is 0.000000325. The van der Waals surface area contributed by atoms with Gasteiger partial charge in [0.25, 0.3) is 0 Å². The second kappa shape index (κ2) is 4.91. The molecule has 0 spiro atoms. The maximum atomic E-state index is 10.6. The average Bonchev–Trinajstić information content (AvgIpc) is 2.12. The van der Waals surface area contributed by atoms with Gasteiger partial charge in [0.05, 0.1) is 5.92 Å². The molecule has 2 atom stereocenters. The second-order valence-electron chi connectivity index (χ2n) is 4.36. The number of carboxylic acids is 2. The van der Waals surface area contributed by atoms with Gasteiger partial charge in [0.15, 0.2) is 0 Å². The summed E-state index contributed by atoms with van der Waals surface area (Å²) in [5.74, 6) is -3.71. The summed E-state index contributed by atoms with van der Waals surface area (Å²) in [7, 11) is 0. The van der Waals surface area contributed by atoms with Crippen molar-refractivity contribution in [2.24, 2.45) is 17.1 Å². The van der Waals surface area contributed by atoms with Gasteiger partial charge < -0.3 is 15.9 Å². The monoisotopic (exact) mass is 257 g/mol. The first-order chi connectivity index (χ1) is 7.40. The minimum Gasteiger partial charge on any atom is -0.481 e. The molecule has 0 aromatic heterocycles. The van der Waals surface area contributed by atoms with Crippen molar-refractivity contribution in [2.75, 3.05) is 0 Å². The lowest BCUT2D eigenvalue weighted by atomic mass is 9.59. The molecule has 4 N–H and O–H groups in total. The smallest absolute Gasteiger partial charge is 0.481 e. The molecule has 100 valence electrons. The molecule has 0 radical (unpaired) electrons. The van der Waals surface area contributed by atoms with Gasteiger partial charge in [0.1, 0.15) is 0 Å². The topological polar surface area (TPSA) is 101 Å². The Labute approximate surface area is 95.4 Å². The van der Waals surface area contributed by atoms with E-state index in [-0.39, 0.29) is 17.4 Å². The van der Waals surface area contributed by atoms with E-state index in [0.29, 0.717) is 6.42 Å². The lowest BCUT2D eigenvalue weighted by Gasteiger charge is -2.47. The molecule has 8 heteroatoms. The third-order valence-electron chi connectivity index (χ3n) is 2.88. The normalized spacial score (nSPS) is 26.2. The van der Waals surface area contributed by atoms with Gasteiger partial charge in [-0.3, -0.25) is 4.79 Å². The van der Waals surface area contributed by atoms with E-state index in [1.807, 2.05) is 13.8 Å². The van der Waals surface area contributed by atoms with E-state index in [9.17, 15) is 18.0 Å². The number of carbonyl (C=O) groups is 2. The molecule has 1 rings (SSSR count). The van der Waals surface area contributed by atoms with Crippen LogP contribution in [-0.4, -0.2) is 34.4 Å². The minimum absolute atomic E-state index is 0.0635. The molecule has 0 saturated heterocycles. The standard InChI is InChI=1S/C7H13NO2.C2HF3O2/c1-7(2)4(6(9)10)3-5(7)8;3-2(4,5)1(6)7/h4-5H,3,8H2,1-2H3,(H,9,10);(H,6,7). The molecule has 0 aromatic rings. The van der Waals surface area contributed by atoms with Crippen molar-refractivity contribution >= 4 is 11.9 Å². The minimum atomic E-state index is -5.08. The van der Waals surface area contributed by atoms with Crippen LogP contribution in [0.2, 0.25) is 0 Å². The first-order valence-electron chi connectivity index (χ1n) is 4.69. The van der Waals surface area contributed by atoms with E-state index in [4.69, 9.17) is 20.7 Å². The Morgan fingerprint density at radius 3 is 1.71 bits per heavy atom. The third-order valence-corrected chi connectivity index (χ3v) is 2.88. The maximum absolute atomic E-state index is 10.6. The van der Waals surface area contributed by atoms with Crippen molar-refractivity contribution in [2.45, 2.75) is 32.5 Å². The van der Waals surface area contributed by atoms with Crippen LogP contribution in [0.25, 0.3) is 0 Å². The Morgan fingerprint density at radius 1 is 1.29 bits per heavy atom. The largest absolute Gasteiger partial charge is 0.490 e. The van der Waals surface area contributed by atoms with Crippen LogP contribution in [0, 0.1) is 11.3 Å². The van der Waals surface area contributed by atoms with Crippen LogP contribution in [0.4, 0.5) is 13.2 Å². The van der Waals surface area contributed by atoms with E-state index < -0.39 is 18.1 Å². The zero-order valence-corrected chi connectivity index (χ0v) is 9.28. The summed E-state index contributed by atoms with van der Waals surface area (Å²) < 4.78 is 31.7. The third kappa shape index (κ3) is 3.88. The van der Waals surface area contributed by atoms with E-state index in [0.717, 1.165) is 0 Å². The first-order valence-corrected chi connectivity index (χ1v) is 4.69. The molecule has 5 nitrogen and oxygen atoms in total. The van der Waals surface area contributed by atoms with Gasteiger partial charge in [-0.05, 0) is 11.8 Å². The molecule has 2 unspecified atom stereocenters. The quantitative estimate of drug-likeness (QED) is 0.652. The predicted octanol–water partition coefficient (Wildman–Crippen LogP) is 1.08. The highest BCUT2D eigenvalue weighted by atomic mass is 19.4. The van der Waals surface area contributed by atoms with Crippen LogP contribution < -0.4 is 5.73 Å². The van der Waals surface area contributed by atoms with Gasteiger partial charge in [-0.2, -0.15) is 13.2 Å². The van der Waals surface area contributed by atoms with Crippen molar-refractivity contribution < 1.29 is 33.0 Å². The molecule has 17 heavy (non-hydrogen) atoms. The van der Waals surface area contributed by atoms with Crippen LogP contribution in [0.1, 0.15) is 20.3 Å². The van der Waals surface area contributed by atoms with E-state index >= 15 is 0 Å².